The highest BCUT2D eigenvalue weighted by Gasteiger charge is 2.17. The highest BCUT2D eigenvalue weighted by Crippen LogP contribution is 2.20. The maximum Gasteiger partial charge on any atom is 0.325 e. The average Bonchev–Trinajstić information content (AvgIpc) is 2.45. The molecule has 0 radical (unpaired) electrons. The van der Waals surface area contributed by atoms with Crippen LogP contribution in [-0.4, -0.2) is 42.5 Å². The predicted molar refractivity (Wildman–Crippen MR) is 75.5 cm³/mol. The van der Waals surface area contributed by atoms with Crippen LogP contribution in [-0.2, 0) is 9.53 Å². The van der Waals surface area contributed by atoms with E-state index in [9.17, 15) is 9.59 Å². The highest BCUT2D eigenvalue weighted by atomic mass is 16.5. The minimum Gasteiger partial charge on any atom is -0.468 e. The maximum absolute atomic E-state index is 12.4. The fraction of sp³-hybridized carbons (Fsp3) is 0.267. The molecule has 2 rings (SSSR count). The molecule has 0 saturated heterocycles. The molecule has 0 bridgehead atoms. The lowest BCUT2D eigenvalue weighted by Gasteiger charge is -2.16. The summed E-state index contributed by atoms with van der Waals surface area (Å²) in [5.74, 6) is -0.706. The molecule has 0 aliphatic rings. The summed E-state index contributed by atoms with van der Waals surface area (Å²) in [5, 5.41) is 1.73. The van der Waals surface area contributed by atoms with Crippen molar-refractivity contribution in [1.29, 1.82) is 0 Å². The molecule has 1 aromatic carbocycles. The number of aromatic nitrogens is 1. The first-order valence-electron chi connectivity index (χ1n) is 6.19. The van der Waals surface area contributed by atoms with Crippen LogP contribution >= 0.6 is 0 Å². The van der Waals surface area contributed by atoms with E-state index in [0.29, 0.717) is 5.56 Å². The Hall–Kier alpha value is -2.43. The van der Waals surface area contributed by atoms with Crippen LogP contribution in [0, 0.1) is 6.92 Å². The number of fused-ring (bicyclic) bond motifs is 1. The molecular weight excluding hydrogens is 256 g/mol. The van der Waals surface area contributed by atoms with E-state index in [1.807, 2.05) is 25.1 Å². The predicted octanol–water partition coefficient (Wildman–Crippen LogP) is 1.79. The lowest BCUT2D eigenvalue weighted by atomic mass is 10.0. The zero-order valence-electron chi connectivity index (χ0n) is 11.7. The smallest absolute Gasteiger partial charge is 0.325 e. The summed E-state index contributed by atoms with van der Waals surface area (Å²) >= 11 is 0. The van der Waals surface area contributed by atoms with Crippen molar-refractivity contribution in [3.8, 4) is 0 Å². The van der Waals surface area contributed by atoms with Gasteiger partial charge in [-0.25, -0.2) is 0 Å². The molecule has 5 nitrogen and oxygen atoms in total. The quantitative estimate of drug-likeness (QED) is 0.799. The third-order valence-corrected chi connectivity index (χ3v) is 3.09. The summed E-state index contributed by atoms with van der Waals surface area (Å²) in [6.07, 6.45) is 3.24. The van der Waals surface area contributed by atoms with E-state index >= 15 is 0 Å². The Kier molecular flexibility index (Phi) is 3.98. The summed E-state index contributed by atoms with van der Waals surface area (Å²) in [6, 6.07) is 5.81. The van der Waals surface area contributed by atoms with E-state index in [4.69, 9.17) is 0 Å². The summed E-state index contributed by atoms with van der Waals surface area (Å²) in [6.45, 7) is 1.90. The number of aryl methyl sites for hydroxylation is 1. The standard InChI is InChI=1S/C15H16N2O3/c1-10-4-5-12-11(6-10)7-16-8-13(12)15(19)17(2)9-14(18)20-3/h4-8H,9H2,1-3H3. The number of benzene rings is 1. The van der Waals surface area contributed by atoms with Gasteiger partial charge in [0.1, 0.15) is 6.54 Å². The Morgan fingerprint density at radius 2 is 2.05 bits per heavy atom. The second-order valence-electron chi connectivity index (χ2n) is 4.65. The topological polar surface area (TPSA) is 59.5 Å². The number of esters is 1. The monoisotopic (exact) mass is 272 g/mol. The molecule has 104 valence electrons. The molecule has 1 amide bonds. The molecule has 0 aliphatic carbocycles. The van der Waals surface area contributed by atoms with Crippen LogP contribution in [0.3, 0.4) is 0 Å². The van der Waals surface area contributed by atoms with Gasteiger partial charge in [-0.05, 0) is 18.4 Å². The van der Waals surface area contributed by atoms with Crippen LogP contribution in [0.25, 0.3) is 10.8 Å². The van der Waals surface area contributed by atoms with E-state index in [1.54, 1.807) is 13.2 Å². The molecule has 0 aliphatic heterocycles. The van der Waals surface area contributed by atoms with E-state index < -0.39 is 5.97 Å². The fourth-order valence-corrected chi connectivity index (χ4v) is 2.00. The third kappa shape index (κ3) is 2.77. The molecule has 1 heterocycles. The van der Waals surface area contributed by atoms with Gasteiger partial charge in [0.05, 0.1) is 12.7 Å². The molecule has 0 unspecified atom stereocenters. The average molecular weight is 272 g/mol. The third-order valence-electron chi connectivity index (χ3n) is 3.09. The molecule has 0 saturated carbocycles. The van der Waals surface area contributed by atoms with Crippen molar-refractivity contribution in [3.05, 3.63) is 41.7 Å². The largest absolute Gasteiger partial charge is 0.468 e. The van der Waals surface area contributed by atoms with Crippen LogP contribution in [0.15, 0.2) is 30.6 Å². The van der Waals surface area contributed by atoms with Gasteiger partial charge in [-0.1, -0.05) is 17.7 Å². The number of carbonyl (C=O) groups excluding carboxylic acids is 2. The summed E-state index contributed by atoms with van der Waals surface area (Å²) < 4.78 is 4.56. The second kappa shape index (κ2) is 5.69. The van der Waals surface area contributed by atoms with Crippen LogP contribution in [0.5, 0.6) is 0 Å². The van der Waals surface area contributed by atoms with Crippen LogP contribution in [0.2, 0.25) is 0 Å². The Balaban J connectivity index is 2.37. The van der Waals surface area contributed by atoms with Crippen molar-refractivity contribution in [2.24, 2.45) is 0 Å². The Morgan fingerprint density at radius 1 is 1.30 bits per heavy atom. The van der Waals surface area contributed by atoms with Crippen LogP contribution in [0.4, 0.5) is 0 Å². The number of methoxy groups -OCH3 is 1. The molecule has 5 heteroatoms. The summed E-state index contributed by atoms with van der Waals surface area (Å²) in [5.41, 5.74) is 1.58. The number of carbonyl (C=O) groups is 2. The van der Waals surface area contributed by atoms with Crippen LogP contribution in [0.1, 0.15) is 15.9 Å². The SMILES string of the molecule is COC(=O)CN(C)C(=O)c1cncc2cc(C)ccc12. The van der Waals surface area contributed by atoms with Crippen LogP contribution < -0.4 is 0 Å². The van der Waals surface area contributed by atoms with E-state index in [-0.39, 0.29) is 12.5 Å². The van der Waals surface area contributed by atoms with Crippen molar-refractivity contribution in [2.45, 2.75) is 6.92 Å². The molecule has 0 fully saturated rings. The van der Waals surface area contributed by atoms with Crippen molar-refractivity contribution in [3.63, 3.8) is 0 Å². The number of nitrogens with zero attached hydrogens (tertiary/aromatic N) is 2. The molecule has 2 aromatic rings. The number of likely N-dealkylation sites (N-methyl/N-ethyl adjacent to an activating group) is 1. The summed E-state index contributed by atoms with van der Waals surface area (Å²) in [4.78, 5) is 29.0. The Bertz CT molecular complexity index is 667. The van der Waals surface area contributed by atoms with Gasteiger partial charge in [0.25, 0.3) is 5.91 Å². The Labute approximate surface area is 117 Å². The number of hydrogen-bond donors (Lipinski definition) is 0. The van der Waals surface area contributed by atoms with Gasteiger partial charge in [0.15, 0.2) is 0 Å². The van der Waals surface area contributed by atoms with Crippen molar-refractivity contribution in [2.75, 3.05) is 20.7 Å². The minimum atomic E-state index is -0.454. The lowest BCUT2D eigenvalue weighted by molar-refractivity contribution is -0.141. The van der Waals surface area contributed by atoms with Gasteiger partial charge in [-0.15, -0.1) is 0 Å². The zero-order chi connectivity index (χ0) is 14.7. The first-order chi connectivity index (χ1) is 9.52. The second-order valence-corrected chi connectivity index (χ2v) is 4.65. The molecule has 0 spiro atoms. The Morgan fingerprint density at radius 3 is 2.75 bits per heavy atom. The van der Waals surface area contributed by atoms with Crippen molar-refractivity contribution >= 4 is 22.6 Å². The van der Waals surface area contributed by atoms with Gasteiger partial charge in [-0.2, -0.15) is 0 Å². The number of pyridine rings is 1. The lowest BCUT2D eigenvalue weighted by Crippen LogP contribution is -2.32. The maximum atomic E-state index is 12.4. The minimum absolute atomic E-state index is 0.0857. The van der Waals surface area contributed by atoms with Crippen molar-refractivity contribution in [1.82, 2.24) is 9.88 Å². The number of rotatable bonds is 3. The molecular formula is C15H16N2O3. The zero-order valence-corrected chi connectivity index (χ0v) is 11.7. The normalized spacial score (nSPS) is 10.3. The molecule has 0 atom stereocenters. The van der Waals surface area contributed by atoms with Gasteiger partial charge < -0.3 is 9.64 Å². The number of ether oxygens (including phenoxy) is 1. The van der Waals surface area contributed by atoms with Gasteiger partial charge in [-0.3, -0.25) is 14.6 Å². The molecule has 1 aromatic heterocycles. The fourth-order valence-electron chi connectivity index (χ4n) is 2.00. The summed E-state index contributed by atoms with van der Waals surface area (Å²) in [7, 11) is 2.86. The van der Waals surface area contributed by atoms with Gasteiger partial charge in [0, 0.05) is 24.8 Å². The number of amides is 1. The molecule has 0 N–H and O–H groups in total. The van der Waals surface area contributed by atoms with Gasteiger partial charge in [0.2, 0.25) is 0 Å². The number of hydrogen-bond acceptors (Lipinski definition) is 4. The first-order valence-corrected chi connectivity index (χ1v) is 6.19. The highest BCUT2D eigenvalue weighted by molar-refractivity contribution is 6.07. The van der Waals surface area contributed by atoms with E-state index in [0.717, 1.165) is 16.3 Å². The van der Waals surface area contributed by atoms with Gasteiger partial charge >= 0.3 is 5.97 Å². The van der Waals surface area contributed by atoms with E-state index in [1.165, 1.54) is 18.2 Å². The first kappa shape index (κ1) is 14.0. The van der Waals surface area contributed by atoms with E-state index in [2.05, 4.69) is 9.72 Å². The van der Waals surface area contributed by atoms with Crippen molar-refractivity contribution < 1.29 is 14.3 Å². The molecule has 20 heavy (non-hydrogen) atoms.